The fourth-order valence-corrected chi connectivity index (χ4v) is 5.00. The van der Waals surface area contributed by atoms with Crippen molar-refractivity contribution in [2.24, 2.45) is 17.3 Å². The molecule has 0 aromatic heterocycles. The number of carboxylic acids is 1. The Labute approximate surface area is 232 Å². The van der Waals surface area contributed by atoms with Gasteiger partial charge in [0.1, 0.15) is 17.7 Å². The first kappa shape index (κ1) is 30.4. The molecule has 39 heavy (non-hydrogen) atoms. The monoisotopic (exact) mass is 537 g/mol. The van der Waals surface area contributed by atoms with Crippen LogP contribution in [0.2, 0.25) is 0 Å². The van der Waals surface area contributed by atoms with Gasteiger partial charge < -0.3 is 15.2 Å². The topological polar surface area (TPSA) is 75.6 Å². The molecule has 6 heteroatoms. The quantitative estimate of drug-likeness (QED) is 0.250. The van der Waals surface area contributed by atoms with Gasteiger partial charge in [0.15, 0.2) is 0 Å². The standard InChI is InChI=1S/C33H44FNO4/c1-5-6-7-8-9-30(28-19-14-25(22-29(28)34)32(38)35-21-20-31(36)37)39-27-17-12-24(13-18-27)23-10-15-26(16-11-23)33(2,3)4/h10-12,14-15,17-19,22,24,26,30H,5-9,13,16,20-21H2,1-4H3,(H,35,38)(H,36,37). The highest BCUT2D eigenvalue weighted by Crippen LogP contribution is 2.37. The normalized spacial score (nSPS) is 19.7. The maximum absolute atomic E-state index is 15.3. The number of halogens is 1. The van der Waals surface area contributed by atoms with Crippen molar-refractivity contribution in [3.8, 4) is 0 Å². The molecule has 3 rings (SSSR count). The van der Waals surface area contributed by atoms with Gasteiger partial charge in [0.2, 0.25) is 0 Å². The van der Waals surface area contributed by atoms with Crippen molar-refractivity contribution in [1.29, 1.82) is 0 Å². The van der Waals surface area contributed by atoms with E-state index >= 15 is 4.39 Å². The van der Waals surface area contributed by atoms with E-state index in [-0.39, 0.29) is 23.9 Å². The Hall–Kier alpha value is -3.15. The molecule has 2 aliphatic rings. The van der Waals surface area contributed by atoms with Gasteiger partial charge in [-0.05, 0) is 66.9 Å². The maximum atomic E-state index is 15.3. The average molecular weight is 538 g/mol. The van der Waals surface area contributed by atoms with Crippen LogP contribution in [0.4, 0.5) is 4.39 Å². The molecule has 1 amide bonds. The number of nitrogens with one attached hydrogen (secondary N) is 1. The minimum absolute atomic E-state index is 0.00789. The number of allylic oxidation sites excluding steroid dienone is 7. The van der Waals surface area contributed by atoms with Crippen LogP contribution in [0.5, 0.6) is 0 Å². The van der Waals surface area contributed by atoms with E-state index in [4.69, 9.17) is 9.84 Å². The van der Waals surface area contributed by atoms with Crippen LogP contribution in [0.25, 0.3) is 0 Å². The lowest BCUT2D eigenvalue weighted by Crippen LogP contribution is -2.26. The molecule has 1 aromatic carbocycles. The molecule has 3 atom stereocenters. The van der Waals surface area contributed by atoms with Gasteiger partial charge in [0.05, 0.1) is 6.42 Å². The third-order valence-corrected chi connectivity index (χ3v) is 7.57. The van der Waals surface area contributed by atoms with E-state index < -0.39 is 23.8 Å². The van der Waals surface area contributed by atoms with Crippen molar-refractivity contribution in [2.45, 2.75) is 85.2 Å². The van der Waals surface area contributed by atoms with Gasteiger partial charge in [0, 0.05) is 23.6 Å². The van der Waals surface area contributed by atoms with E-state index in [1.807, 2.05) is 6.08 Å². The number of rotatable bonds is 13. The van der Waals surface area contributed by atoms with Crippen LogP contribution in [0.1, 0.15) is 101 Å². The Balaban J connectivity index is 1.66. The summed E-state index contributed by atoms with van der Waals surface area (Å²) in [4.78, 5) is 23.0. The maximum Gasteiger partial charge on any atom is 0.305 e. The van der Waals surface area contributed by atoms with E-state index in [1.165, 1.54) is 11.6 Å². The Kier molecular flexibility index (Phi) is 11.1. The van der Waals surface area contributed by atoms with Crippen molar-refractivity contribution in [1.82, 2.24) is 5.32 Å². The molecule has 0 aliphatic heterocycles. The third kappa shape index (κ3) is 9.22. The number of amides is 1. The lowest BCUT2D eigenvalue weighted by molar-refractivity contribution is -0.136. The second-order valence-electron chi connectivity index (χ2n) is 11.7. The average Bonchev–Trinajstić information content (AvgIpc) is 2.90. The first-order valence-corrected chi connectivity index (χ1v) is 14.3. The van der Waals surface area contributed by atoms with Crippen molar-refractivity contribution in [2.75, 3.05) is 6.54 Å². The number of unbranched alkanes of at least 4 members (excludes halogenated alkanes) is 3. The van der Waals surface area contributed by atoms with E-state index in [2.05, 4.69) is 63.4 Å². The first-order chi connectivity index (χ1) is 18.6. The molecule has 212 valence electrons. The Morgan fingerprint density at radius 2 is 1.90 bits per heavy atom. The molecular weight excluding hydrogens is 493 g/mol. The molecule has 2 aliphatic carbocycles. The SMILES string of the molecule is CCCCCCC(OC1=CCC(C2=CCC(C(C)(C)C)C=C2)C=C1)c1ccc(C(=O)NCCC(=O)O)cc1F. The zero-order chi connectivity index (χ0) is 28.4. The summed E-state index contributed by atoms with van der Waals surface area (Å²) in [5.74, 6) is -0.383. The molecule has 5 nitrogen and oxygen atoms in total. The van der Waals surface area contributed by atoms with Crippen LogP contribution in [0.3, 0.4) is 0 Å². The summed E-state index contributed by atoms with van der Waals surface area (Å²) in [5.41, 5.74) is 2.18. The minimum Gasteiger partial charge on any atom is -0.486 e. The molecule has 0 saturated carbocycles. The number of carbonyl (C=O) groups excluding carboxylic acids is 1. The van der Waals surface area contributed by atoms with Crippen LogP contribution in [-0.4, -0.2) is 23.5 Å². The van der Waals surface area contributed by atoms with Gasteiger partial charge >= 0.3 is 5.97 Å². The van der Waals surface area contributed by atoms with E-state index in [9.17, 15) is 9.59 Å². The second kappa shape index (κ2) is 14.3. The summed E-state index contributed by atoms with van der Waals surface area (Å²) < 4.78 is 21.6. The zero-order valence-corrected chi connectivity index (χ0v) is 23.8. The lowest BCUT2D eigenvalue weighted by Gasteiger charge is -2.31. The van der Waals surface area contributed by atoms with Gasteiger partial charge in [-0.1, -0.05) is 77.3 Å². The Bertz CT molecular complexity index is 1130. The number of benzene rings is 1. The van der Waals surface area contributed by atoms with Gasteiger partial charge in [-0.2, -0.15) is 0 Å². The molecular formula is C33H44FNO4. The summed E-state index contributed by atoms with van der Waals surface area (Å²) in [5, 5.41) is 11.3. The van der Waals surface area contributed by atoms with Crippen LogP contribution in [0, 0.1) is 23.1 Å². The number of hydrogen-bond acceptors (Lipinski definition) is 3. The van der Waals surface area contributed by atoms with Crippen LogP contribution >= 0.6 is 0 Å². The molecule has 0 bridgehead atoms. The van der Waals surface area contributed by atoms with Crippen LogP contribution in [-0.2, 0) is 9.53 Å². The molecule has 0 spiro atoms. The number of carboxylic acid groups (broad SMARTS) is 1. The van der Waals surface area contributed by atoms with Gasteiger partial charge in [-0.25, -0.2) is 4.39 Å². The minimum atomic E-state index is -1.00. The van der Waals surface area contributed by atoms with E-state index in [0.717, 1.165) is 44.3 Å². The number of aliphatic carboxylic acids is 1. The molecule has 3 unspecified atom stereocenters. The highest BCUT2D eigenvalue weighted by atomic mass is 19.1. The summed E-state index contributed by atoms with van der Waals surface area (Å²) in [6.45, 7) is 8.98. The van der Waals surface area contributed by atoms with Crippen molar-refractivity contribution in [3.63, 3.8) is 0 Å². The molecule has 0 fully saturated rings. The van der Waals surface area contributed by atoms with Crippen molar-refractivity contribution < 1.29 is 23.8 Å². The van der Waals surface area contributed by atoms with E-state index in [0.29, 0.717) is 23.8 Å². The van der Waals surface area contributed by atoms with Crippen LogP contribution < -0.4 is 5.32 Å². The third-order valence-electron chi connectivity index (χ3n) is 7.57. The number of carbonyl (C=O) groups is 2. The molecule has 0 heterocycles. The molecule has 1 aromatic rings. The van der Waals surface area contributed by atoms with Crippen molar-refractivity contribution in [3.05, 3.63) is 82.9 Å². The summed E-state index contributed by atoms with van der Waals surface area (Å²) >= 11 is 0. The largest absolute Gasteiger partial charge is 0.486 e. The Morgan fingerprint density at radius 3 is 2.49 bits per heavy atom. The highest BCUT2D eigenvalue weighted by Gasteiger charge is 2.25. The Morgan fingerprint density at radius 1 is 1.10 bits per heavy atom. The summed E-state index contributed by atoms with van der Waals surface area (Å²) in [7, 11) is 0. The smallest absolute Gasteiger partial charge is 0.305 e. The highest BCUT2D eigenvalue weighted by molar-refractivity contribution is 5.94. The zero-order valence-electron chi connectivity index (χ0n) is 23.8. The van der Waals surface area contributed by atoms with Crippen molar-refractivity contribution >= 4 is 11.9 Å². The summed E-state index contributed by atoms with van der Waals surface area (Å²) in [6.07, 6.45) is 19.4. The van der Waals surface area contributed by atoms with Crippen LogP contribution in [0.15, 0.2) is 66.0 Å². The van der Waals surface area contributed by atoms with E-state index in [1.54, 1.807) is 12.1 Å². The predicted molar refractivity (Wildman–Crippen MR) is 154 cm³/mol. The fourth-order valence-electron chi connectivity index (χ4n) is 5.00. The van der Waals surface area contributed by atoms with Gasteiger partial charge in [-0.15, -0.1) is 0 Å². The predicted octanol–water partition coefficient (Wildman–Crippen LogP) is 8.07. The summed E-state index contributed by atoms with van der Waals surface area (Å²) in [6, 6.07) is 4.40. The second-order valence-corrected chi connectivity index (χ2v) is 11.7. The first-order valence-electron chi connectivity index (χ1n) is 14.3. The van der Waals surface area contributed by atoms with Gasteiger partial charge in [-0.3, -0.25) is 9.59 Å². The molecule has 0 radical (unpaired) electrons. The number of hydrogen-bond donors (Lipinski definition) is 2. The van der Waals surface area contributed by atoms with Gasteiger partial charge in [0.25, 0.3) is 5.91 Å². The number of ether oxygens (including phenoxy) is 1. The molecule has 2 N–H and O–H groups in total. The molecule has 0 saturated heterocycles. The fraction of sp³-hybridized carbons (Fsp3) is 0.515. The lowest BCUT2D eigenvalue weighted by atomic mass is 9.75.